The lowest BCUT2D eigenvalue weighted by Gasteiger charge is -2.15. The second kappa shape index (κ2) is 8.21. The van der Waals surface area contributed by atoms with E-state index in [4.69, 9.17) is 17.0 Å². The largest absolute Gasteiger partial charge is 0.416 e. The first-order chi connectivity index (χ1) is 13.7. The molecule has 0 fully saturated rings. The van der Waals surface area contributed by atoms with E-state index >= 15 is 0 Å². The zero-order chi connectivity index (χ0) is 21.2. The lowest BCUT2D eigenvalue weighted by Crippen LogP contribution is -2.23. The molecule has 0 aliphatic rings. The molecule has 1 aromatic heterocycles. The van der Waals surface area contributed by atoms with Crippen molar-refractivity contribution in [2.75, 3.05) is 0 Å². The number of aromatic nitrogens is 2. The first kappa shape index (κ1) is 20.8. The van der Waals surface area contributed by atoms with E-state index in [1.165, 1.54) is 0 Å². The van der Waals surface area contributed by atoms with E-state index in [2.05, 4.69) is 9.97 Å². The van der Waals surface area contributed by atoms with E-state index < -0.39 is 23.4 Å². The lowest BCUT2D eigenvalue weighted by atomic mass is 9.92. The number of benzene rings is 2. The van der Waals surface area contributed by atoms with Crippen LogP contribution in [-0.4, -0.2) is 21.5 Å². The molecule has 0 bridgehead atoms. The van der Waals surface area contributed by atoms with Crippen LogP contribution in [0.2, 0.25) is 5.02 Å². The molecule has 2 aromatic carbocycles. The molecule has 1 heterocycles. The van der Waals surface area contributed by atoms with Gasteiger partial charge in [0.15, 0.2) is 0 Å². The van der Waals surface area contributed by atoms with Crippen molar-refractivity contribution in [2.45, 2.75) is 25.4 Å². The van der Waals surface area contributed by atoms with Gasteiger partial charge in [0.2, 0.25) is 5.78 Å². The molecule has 3 aromatic rings. The third-order valence-corrected chi connectivity index (χ3v) is 4.88. The molecule has 0 spiro atoms. The summed E-state index contributed by atoms with van der Waals surface area (Å²) >= 11 is 5.95. The van der Waals surface area contributed by atoms with Gasteiger partial charge in [-0.25, -0.2) is 4.98 Å². The van der Waals surface area contributed by atoms with Crippen molar-refractivity contribution in [2.24, 2.45) is 0 Å². The fourth-order valence-electron chi connectivity index (χ4n) is 2.99. The maximum atomic E-state index is 13.0. The summed E-state index contributed by atoms with van der Waals surface area (Å²) in [7, 11) is 0. The van der Waals surface area contributed by atoms with Crippen LogP contribution in [0.1, 0.15) is 41.0 Å². The highest BCUT2D eigenvalue weighted by atomic mass is 35.5. The van der Waals surface area contributed by atoms with Crippen LogP contribution in [0.5, 0.6) is 0 Å². The average molecular weight is 420 g/mol. The van der Waals surface area contributed by atoms with Crippen LogP contribution in [0.15, 0.2) is 54.7 Å². The molecule has 3 rings (SSSR count). The standard InChI is InChI=1S/C21H17ClF3N3O/c1-2-14(20-27-11-17(28-20)12-6-4-3-5-7-12)18(26)19(29)15-10-13(21(23,24)25)8-9-16(15)22/h3-11,14,26H,2H2,1H3,(H,27,28). The number of hydrogen-bond donors (Lipinski definition) is 2. The number of carbonyl (C=O) groups excluding carboxylic acids is 1. The van der Waals surface area contributed by atoms with Crippen LogP contribution in [-0.2, 0) is 6.18 Å². The predicted octanol–water partition coefficient (Wildman–Crippen LogP) is 6.15. The smallest absolute Gasteiger partial charge is 0.341 e. The molecule has 8 heteroatoms. The number of halogens is 4. The second-order valence-electron chi connectivity index (χ2n) is 6.44. The molecule has 0 saturated heterocycles. The van der Waals surface area contributed by atoms with Crippen molar-refractivity contribution in [1.82, 2.24) is 9.97 Å². The molecule has 0 aliphatic heterocycles. The summed E-state index contributed by atoms with van der Waals surface area (Å²) in [5.74, 6) is -1.16. The molecule has 1 atom stereocenters. The quantitative estimate of drug-likeness (QED) is 0.372. The van der Waals surface area contributed by atoms with Gasteiger partial charge in [0.05, 0.1) is 34.1 Å². The molecule has 1 unspecified atom stereocenters. The zero-order valence-electron chi connectivity index (χ0n) is 15.3. The predicted molar refractivity (Wildman–Crippen MR) is 106 cm³/mol. The van der Waals surface area contributed by atoms with Crippen molar-refractivity contribution in [3.63, 3.8) is 0 Å². The van der Waals surface area contributed by atoms with Crippen molar-refractivity contribution >= 4 is 23.1 Å². The molecule has 4 nitrogen and oxygen atoms in total. The van der Waals surface area contributed by atoms with Crippen molar-refractivity contribution in [3.05, 3.63) is 76.7 Å². The van der Waals surface area contributed by atoms with Gasteiger partial charge in [0, 0.05) is 5.56 Å². The van der Waals surface area contributed by atoms with Crippen LogP contribution < -0.4 is 0 Å². The van der Waals surface area contributed by atoms with Crippen LogP contribution in [0.25, 0.3) is 11.3 Å². The Balaban J connectivity index is 1.91. The van der Waals surface area contributed by atoms with E-state index in [0.29, 0.717) is 18.3 Å². The summed E-state index contributed by atoms with van der Waals surface area (Å²) in [5.41, 5.74) is -0.103. The SMILES string of the molecule is CCC(C(=N)C(=O)c1cc(C(F)(F)F)ccc1Cl)c1ncc(-c2ccccc2)[nH]1. The summed E-state index contributed by atoms with van der Waals surface area (Å²) in [6.07, 6.45) is -2.65. The van der Waals surface area contributed by atoms with Gasteiger partial charge in [0.1, 0.15) is 5.82 Å². The Morgan fingerprint density at radius 3 is 2.52 bits per heavy atom. The Bertz CT molecular complexity index is 1040. The van der Waals surface area contributed by atoms with Gasteiger partial charge in [-0.2, -0.15) is 13.2 Å². The number of aromatic amines is 1. The van der Waals surface area contributed by atoms with Crippen molar-refractivity contribution < 1.29 is 18.0 Å². The maximum Gasteiger partial charge on any atom is 0.416 e. The highest BCUT2D eigenvalue weighted by Gasteiger charge is 2.33. The number of alkyl halides is 3. The summed E-state index contributed by atoms with van der Waals surface area (Å²) in [4.78, 5) is 20.2. The molecule has 150 valence electrons. The third kappa shape index (κ3) is 4.40. The van der Waals surface area contributed by atoms with E-state index in [0.717, 1.165) is 23.4 Å². The maximum absolute atomic E-state index is 13.0. The van der Waals surface area contributed by atoms with E-state index in [1.807, 2.05) is 30.3 Å². The molecule has 29 heavy (non-hydrogen) atoms. The molecular formula is C21H17ClF3N3O. The molecule has 0 radical (unpaired) electrons. The van der Waals surface area contributed by atoms with Crippen molar-refractivity contribution in [1.29, 1.82) is 5.41 Å². The van der Waals surface area contributed by atoms with E-state index in [-0.39, 0.29) is 16.3 Å². The number of nitrogens with one attached hydrogen (secondary N) is 2. The Morgan fingerprint density at radius 1 is 1.21 bits per heavy atom. The average Bonchev–Trinajstić information content (AvgIpc) is 3.18. The highest BCUT2D eigenvalue weighted by molar-refractivity contribution is 6.49. The number of hydrogen-bond acceptors (Lipinski definition) is 3. The van der Waals surface area contributed by atoms with Crippen LogP contribution in [0.4, 0.5) is 13.2 Å². The zero-order valence-corrected chi connectivity index (χ0v) is 16.1. The minimum Gasteiger partial charge on any atom is -0.341 e. The molecule has 2 N–H and O–H groups in total. The molecule has 0 aliphatic carbocycles. The third-order valence-electron chi connectivity index (χ3n) is 4.55. The topological polar surface area (TPSA) is 69.6 Å². The number of carbonyl (C=O) groups is 1. The van der Waals surface area contributed by atoms with E-state index in [9.17, 15) is 18.0 Å². The summed E-state index contributed by atoms with van der Waals surface area (Å²) in [6.45, 7) is 1.77. The summed E-state index contributed by atoms with van der Waals surface area (Å²) < 4.78 is 39.0. The lowest BCUT2D eigenvalue weighted by molar-refractivity contribution is -0.137. The fraction of sp³-hybridized carbons (Fsp3) is 0.190. The van der Waals surface area contributed by atoms with E-state index in [1.54, 1.807) is 13.1 Å². The summed E-state index contributed by atoms with van der Waals surface area (Å²) in [6, 6.07) is 11.9. The van der Waals surface area contributed by atoms with Gasteiger partial charge in [-0.05, 0) is 30.2 Å². The molecular weight excluding hydrogens is 403 g/mol. The molecule has 0 amide bonds. The number of ketones is 1. The summed E-state index contributed by atoms with van der Waals surface area (Å²) in [5, 5.41) is 8.18. The Hall–Kier alpha value is -2.93. The monoisotopic (exact) mass is 419 g/mol. The van der Waals surface area contributed by atoms with Gasteiger partial charge in [-0.15, -0.1) is 0 Å². The van der Waals surface area contributed by atoms with Crippen LogP contribution >= 0.6 is 11.6 Å². The number of Topliss-reactive ketones (excluding diaryl/α,β-unsaturated/α-hetero) is 1. The van der Waals surface area contributed by atoms with Crippen LogP contribution in [0.3, 0.4) is 0 Å². The molecule has 0 saturated carbocycles. The number of imidazole rings is 1. The highest BCUT2D eigenvalue weighted by Crippen LogP contribution is 2.33. The number of rotatable bonds is 6. The normalized spacial score (nSPS) is 12.6. The number of nitrogens with zero attached hydrogens (tertiary/aromatic N) is 1. The van der Waals surface area contributed by atoms with Crippen LogP contribution in [0, 0.1) is 5.41 Å². The van der Waals surface area contributed by atoms with Crippen molar-refractivity contribution in [3.8, 4) is 11.3 Å². The minimum atomic E-state index is -4.61. The van der Waals surface area contributed by atoms with Gasteiger partial charge >= 0.3 is 6.18 Å². The van der Waals surface area contributed by atoms with Gasteiger partial charge in [-0.1, -0.05) is 48.9 Å². The van der Waals surface area contributed by atoms with Gasteiger partial charge in [0.25, 0.3) is 0 Å². The Labute approximate surface area is 170 Å². The van der Waals surface area contributed by atoms with Gasteiger partial charge in [-0.3, -0.25) is 4.79 Å². The first-order valence-corrected chi connectivity index (χ1v) is 9.20. The second-order valence-corrected chi connectivity index (χ2v) is 6.85. The Kier molecular flexibility index (Phi) is 5.88. The fourth-order valence-corrected chi connectivity index (χ4v) is 3.19. The first-order valence-electron chi connectivity index (χ1n) is 8.82. The minimum absolute atomic E-state index is 0.132. The Morgan fingerprint density at radius 2 is 1.90 bits per heavy atom. The number of H-pyrrole nitrogens is 1. The van der Waals surface area contributed by atoms with Gasteiger partial charge < -0.3 is 10.4 Å².